The van der Waals surface area contributed by atoms with Gasteiger partial charge in [0.05, 0.1) is 10.6 Å². The zero-order valence-corrected chi connectivity index (χ0v) is 21.6. The average Bonchev–Trinajstić information content (AvgIpc) is 3.12. The number of aromatic hydroxyl groups is 1. The monoisotopic (exact) mass is 581 g/mol. The first-order valence-electron chi connectivity index (χ1n) is 11.4. The van der Waals surface area contributed by atoms with Crippen LogP contribution in [0.25, 0.3) is 10.8 Å². The van der Waals surface area contributed by atoms with Crippen LogP contribution in [0.4, 0.5) is 21.5 Å². The minimum Gasteiger partial charge on any atom is -0.507 e. The third kappa shape index (κ3) is 4.98. The van der Waals surface area contributed by atoms with Crippen molar-refractivity contribution in [2.45, 2.75) is 4.90 Å². The summed E-state index contributed by atoms with van der Waals surface area (Å²) in [7, 11) is -4.52. The summed E-state index contributed by atoms with van der Waals surface area (Å²) in [6, 6.07) is 17.6. The number of imide groups is 1. The standard InChI is InChI=1S/C27H17ClFN3O7S/c28-23-24(27(36)32(26(23)35)21-4-2-1-3-20(21)29)30-16-8-5-14(6-9-16)25(34)31-17-10-7-15-11-18(40(37,38)39)13-22(33)19(15)12-17/h1-13,30,33H,(H,31,34)(H,37,38,39). The van der Waals surface area contributed by atoms with E-state index in [2.05, 4.69) is 10.6 Å². The maximum Gasteiger partial charge on any atom is 0.294 e. The highest BCUT2D eigenvalue weighted by Crippen LogP contribution is 2.33. The van der Waals surface area contributed by atoms with E-state index in [4.69, 9.17) is 11.6 Å². The number of fused-ring (bicyclic) bond motifs is 1. The average molecular weight is 582 g/mol. The molecule has 0 radical (unpaired) electrons. The summed E-state index contributed by atoms with van der Waals surface area (Å²) in [5.41, 5.74) is 0.361. The number of phenols is 1. The number of phenolic OH excluding ortho intramolecular Hbond substituents is 1. The van der Waals surface area contributed by atoms with Crippen LogP contribution in [0.3, 0.4) is 0 Å². The predicted octanol–water partition coefficient (Wildman–Crippen LogP) is 4.62. The van der Waals surface area contributed by atoms with Gasteiger partial charge in [-0.05, 0) is 60.0 Å². The number of halogens is 2. The minimum absolute atomic E-state index is 0.221. The Morgan fingerprint density at radius 3 is 2.25 bits per heavy atom. The number of hydrogen-bond acceptors (Lipinski definition) is 7. The molecule has 0 aliphatic carbocycles. The minimum atomic E-state index is -4.52. The molecule has 202 valence electrons. The normalized spacial score (nSPS) is 13.7. The molecule has 3 amide bonds. The molecule has 0 saturated heterocycles. The lowest BCUT2D eigenvalue weighted by molar-refractivity contribution is -0.120. The molecule has 0 atom stereocenters. The smallest absolute Gasteiger partial charge is 0.294 e. The van der Waals surface area contributed by atoms with Gasteiger partial charge in [-0.15, -0.1) is 0 Å². The molecule has 1 aliphatic heterocycles. The number of para-hydroxylation sites is 1. The zero-order chi connectivity index (χ0) is 28.8. The fourth-order valence-electron chi connectivity index (χ4n) is 4.05. The number of anilines is 3. The van der Waals surface area contributed by atoms with E-state index in [9.17, 15) is 36.9 Å². The Bertz CT molecular complexity index is 1880. The van der Waals surface area contributed by atoms with Crippen molar-refractivity contribution < 1.29 is 36.9 Å². The molecule has 1 heterocycles. The molecule has 0 saturated carbocycles. The third-order valence-corrected chi connectivity index (χ3v) is 7.18. The molecule has 0 aromatic heterocycles. The SMILES string of the molecule is O=C(Nc1ccc2cc(S(=O)(=O)O)cc(O)c2c1)c1ccc(NC2=C(Cl)C(=O)N(c3ccccc3F)C2=O)cc1. The maximum atomic E-state index is 14.2. The number of rotatable bonds is 6. The lowest BCUT2D eigenvalue weighted by Crippen LogP contribution is -2.33. The van der Waals surface area contributed by atoms with Gasteiger partial charge in [-0.2, -0.15) is 8.42 Å². The molecule has 4 aromatic carbocycles. The van der Waals surface area contributed by atoms with Gasteiger partial charge >= 0.3 is 0 Å². The van der Waals surface area contributed by atoms with Gasteiger partial charge in [0, 0.05) is 28.4 Å². The number of amides is 3. The molecule has 0 bridgehead atoms. The molecular weight excluding hydrogens is 565 g/mol. The van der Waals surface area contributed by atoms with Gasteiger partial charge in [0.1, 0.15) is 22.3 Å². The highest BCUT2D eigenvalue weighted by molar-refractivity contribution is 7.85. The van der Waals surface area contributed by atoms with E-state index >= 15 is 0 Å². The van der Waals surface area contributed by atoms with Crippen molar-refractivity contribution in [1.82, 2.24) is 0 Å². The van der Waals surface area contributed by atoms with Crippen LogP contribution in [-0.2, 0) is 19.7 Å². The van der Waals surface area contributed by atoms with Crippen molar-refractivity contribution >= 4 is 67.3 Å². The third-order valence-electron chi connectivity index (χ3n) is 6.00. The summed E-state index contributed by atoms with van der Waals surface area (Å²) in [4.78, 5) is 38.3. The number of nitrogens with zero attached hydrogens (tertiary/aromatic N) is 1. The molecule has 40 heavy (non-hydrogen) atoms. The second-order valence-corrected chi connectivity index (χ2v) is 10.4. The summed E-state index contributed by atoms with van der Waals surface area (Å²) in [6.07, 6.45) is 0. The summed E-state index contributed by atoms with van der Waals surface area (Å²) < 4.78 is 46.2. The predicted molar refractivity (Wildman–Crippen MR) is 145 cm³/mol. The molecule has 4 aromatic rings. The van der Waals surface area contributed by atoms with Gasteiger partial charge in [0.2, 0.25) is 0 Å². The Hall–Kier alpha value is -4.78. The van der Waals surface area contributed by atoms with Crippen LogP contribution in [0.1, 0.15) is 10.4 Å². The quantitative estimate of drug-likeness (QED) is 0.190. The summed E-state index contributed by atoms with van der Waals surface area (Å²) in [5.74, 6) is -3.42. The van der Waals surface area contributed by atoms with Gasteiger partial charge in [0.15, 0.2) is 0 Å². The highest BCUT2D eigenvalue weighted by atomic mass is 35.5. The van der Waals surface area contributed by atoms with Crippen molar-refractivity contribution in [3.05, 3.63) is 101 Å². The Kier molecular flexibility index (Phi) is 6.75. The van der Waals surface area contributed by atoms with Crippen LogP contribution in [0, 0.1) is 5.82 Å². The number of benzene rings is 4. The van der Waals surface area contributed by atoms with Crippen LogP contribution in [0.5, 0.6) is 5.75 Å². The van der Waals surface area contributed by atoms with Gasteiger partial charge < -0.3 is 15.7 Å². The Morgan fingerprint density at radius 1 is 0.900 bits per heavy atom. The fourth-order valence-corrected chi connectivity index (χ4v) is 4.80. The van der Waals surface area contributed by atoms with E-state index < -0.39 is 49.3 Å². The van der Waals surface area contributed by atoms with Crippen molar-refractivity contribution in [3.63, 3.8) is 0 Å². The van der Waals surface area contributed by atoms with E-state index in [1.807, 2.05) is 0 Å². The first-order chi connectivity index (χ1) is 18.9. The van der Waals surface area contributed by atoms with E-state index in [1.54, 1.807) is 0 Å². The lowest BCUT2D eigenvalue weighted by atomic mass is 10.1. The molecular formula is C27H17ClFN3O7S. The number of nitrogens with one attached hydrogen (secondary N) is 2. The van der Waals surface area contributed by atoms with Crippen molar-refractivity contribution in [2.24, 2.45) is 0 Å². The zero-order valence-electron chi connectivity index (χ0n) is 20.1. The topological polar surface area (TPSA) is 153 Å². The second-order valence-electron chi connectivity index (χ2n) is 8.60. The molecule has 0 unspecified atom stereocenters. The molecule has 10 nitrogen and oxygen atoms in total. The number of carbonyl (C=O) groups is 3. The molecule has 1 aliphatic rings. The Balaban J connectivity index is 1.31. The van der Waals surface area contributed by atoms with Crippen LogP contribution in [0.15, 0.2) is 94.5 Å². The van der Waals surface area contributed by atoms with Crippen LogP contribution < -0.4 is 15.5 Å². The number of carbonyl (C=O) groups excluding carboxylic acids is 3. The number of hydrogen-bond donors (Lipinski definition) is 4. The lowest BCUT2D eigenvalue weighted by Gasteiger charge is -2.15. The molecule has 0 spiro atoms. The van der Waals surface area contributed by atoms with Gasteiger partial charge in [-0.1, -0.05) is 29.8 Å². The molecule has 13 heteroatoms. The highest BCUT2D eigenvalue weighted by Gasteiger charge is 2.40. The van der Waals surface area contributed by atoms with Crippen molar-refractivity contribution in [2.75, 3.05) is 15.5 Å². The van der Waals surface area contributed by atoms with Crippen molar-refractivity contribution in [3.8, 4) is 5.75 Å². The fraction of sp³-hybridized carbons (Fsp3) is 0. The van der Waals surface area contributed by atoms with E-state index in [1.165, 1.54) is 66.7 Å². The maximum absolute atomic E-state index is 14.2. The first kappa shape index (κ1) is 26.8. The molecule has 0 fully saturated rings. The summed E-state index contributed by atoms with van der Waals surface area (Å²) in [6.45, 7) is 0. The Labute approximate surface area is 231 Å². The van der Waals surface area contributed by atoms with Gasteiger partial charge in [0.25, 0.3) is 27.8 Å². The van der Waals surface area contributed by atoms with E-state index in [-0.39, 0.29) is 22.3 Å². The van der Waals surface area contributed by atoms with Crippen LogP contribution >= 0.6 is 11.6 Å². The van der Waals surface area contributed by atoms with Crippen LogP contribution in [-0.4, -0.2) is 35.8 Å². The van der Waals surface area contributed by atoms with Crippen LogP contribution in [0.2, 0.25) is 0 Å². The van der Waals surface area contributed by atoms with E-state index in [0.717, 1.165) is 12.1 Å². The van der Waals surface area contributed by atoms with E-state index in [0.29, 0.717) is 21.7 Å². The second kappa shape index (κ2) is 10.1. The van der Waals surface area contributed by atoms with Gasteiger partial charge in [-0.3, -0.25) is 18.9 Å². The Morgan fingerprint density at radius 2 is 1.57 bits per heavy atom. The summed E-state index contributed by atoms with van der Waals surface area (Å²) >= 11 is 6.08. The molecule has 5 rings (SSSR count). The molecule has 4 N–H and O–H groups in total. The van der Waals surface area contributed by atoms with Gasteiger partial charge in [-0.25, -0.2) is 9.29 Å². The first-order valence-corrected chi connectivity index (χ1v) is 13.2. The largest absolute Gasteiger partial charge is 0.507 e. The summed E-state index contributed by atoms with van der Waals surface area (Å²) in [5, 5.41) is 15.8. The van der Waals surface area contributed by atoms with Crippen molar-refractivity contribution in [1.29, 1.82) is 0 Å².